The van der Waals surface area contributed by atoms with Crippen LogP contribution in [0, 0.1) is 11.6 Å². The van der Waals surface area contributed by atoms with E-state index in [0.717, 1.165) is 11.8 Å². The van der Waals surface area contributed by atoms with E-state index < -0.39 is 22.8 Å². The largest absolute Gasteiger partial charge is 0.323 e. The lowest BCUT2D eigenvalue weighted by Crippen LogP contribution is -2.23. The van der Waals surface area contributed by atoms with E-state index in [2.05, 4.69) is 20.8 Å². The van der Waals surface area contributed by atoms with Gasteiger partial charge in [-0.15, -0.1) is 5.10 Å². The summed E-state index contributed by atoms with van der Waals surface area (Å²) < 4.78 is 28.3. The molecule has 0 aliphatic heterocycles. The van der Waals surface area contributed by atoms with Crippen molar-refractivity contribution < 1.29 is 13.6 Å². The van der Waals surface area contributed by atoms with Crippen LogP contribution in [0.1, 0.15) is 6.92 Å². The highest BCUT2D eigenvalue weighted by molar-refractivity contribution is 8.00. The van der Waals surface area contributed by atoms with Crippen molar-refractivity contribution in [1.82, 2.24) is 20.2 Å². The van der Waals surface area contributed by atoms with Gasteiger partial charge in [-0.3, -0.25) is 4.79 Å². The van der Waals surface area contributed by atoms with Crippen molar-refractivity contribution in [2.45, 2.75) is 17.3 Å². The van der Waals surface area contributed by atoms with Gasteiger partial charge in [-0.1, -0.05) is 30.0 Å². The first-order valence-corrected chi connectivity index (χ1v) is 8.19. The van der Waals surface area contributed by atoms with Crippen LogP contribution in [0.3, 0.4) is 0 Å². The van der Waals surface area contributed by atoms with E-state index >= 15 is 0 Å². The number of aromatic nitrogens is 4. The number of halogens is 2. The van der Waals surface area contributed by atoms with Crippen molar-refractivity contribution in [3.8, 4) is 5.69 Å². The molecule has 2 aromatic carbocycles. The molecule has 0 fully saturated rings. The smallest absolute Gasteiger partial charge is 0.237 e. The molecule has 0 saturated carbocycles. The normalized spacial score (nSPS) is 12.0. The van der Waals surface area contributed by atoms with E-state index in [9.17, 15) is 13.6 Å². The maximum Gasteiger partial charge on any atom is 0.237 e. The SMILES string of the molecule is C[C@@H](Sc1nnnn1-c1cccc(F)c1)C(=O)Nc1ccccc1F. The van der Waals surface area contributed by atoms with E-state index in [1.807, 2.05) is 0 Å². The minimum absolute atomic E-state index is 0.102. The molecular formula is C16H13F2N5OS. The van der Waals surface area contributed by atoms with Gasteiger partial charge in [-0.2, -0.15) is 4.68 Å². The van der Waals surface area contributed by atoms with Gasteiger partial charge in [0.2, 0.25) is 11.1 Å². The van der Waals surface area contributed by atoms with Crippen molar-refractivity contribution in [2.75, 3.05) is 5.32 Å². The van der Waals surface area contributed by atoms with Crippen molar-refractivity contribution in [2.24, 2.45) is 0 Å². The highest BCUT2D eigenvalue weighted by atomic mass is 32.2. The Morgan fingerprint density at radius 2 is 2.00 bits per heavy atom. The molecule has 1 heterocycles. The molecule has 0 aliphatic carbocycles. The molecular weight excluding hydrogens is 348 g/mol. The number of rotatable bonds is 5. The number of hydrogen-bond donors (Lipinski definition) is 1. The molecule has 1 aromatic heterocycles. The molecule has 0 bridgehead atoms. The number of benzene rings is 2. The van der Waals surface area contributed by atoms with Crippen molar-refractivity contribution >= 4 is 23.4 Å². The van der Waals surface area contributed by atoms with Crippen LogP contribution in [0.25, 0.3) is 5.69 Å². The van der Waals surface area contributed by atoms with Crippen molar-refractivity contribution in [1.29, 1.82) is 0 Å². The zero-order chi connectivity index (χ0) is 17.8. The Morgan fingerprint density at radius 1 is 1.20 bits per heavy atom. The summed E-state index contributed by atoms with van der Waals surface area (Å²) >= 11 is 1.08. The first kappa shape index (κ1) is 17.0. The maximum atomic E-state index is 13.6. The molecule has 3 rings (SSSR count). The van der Waals surface area contributed by atoms with Gasteiger partial charge < -0.3 is 5.32 Å². The molecule has 0 aliphatic rings. The number of tetrazole rings is 1. The first-order valence-electron chi connectivity index (χ1n) is 7.31. The molecule has 0 radical (unpaired) electrons. The van der Waals surface area contributed by atoms with Crippen LogP contribution in [0.4, 0.5) is 14.5 Å². The Bertz CT molecular complexity index is 901. The molecule has 0 saturated heterocycles. The summed E-state index contributed by atoms with van der Waals surface area (Å²) in [4.78, 5) is 12.3. The quantitative estimate of drug-likeness (QED) is 0.707. The molecule has 0 unspecified atom stereocenters. The van der Waals surface area contributed by atoms with Crippen molar-refractivity contribution in [3.05, 3.63) is 60.2 Å². The second-order valence-electron chi connectivity index (χ2n) is 5.08. The molecule has 0 spiro atoms. The van der Waals surface area contributed by atoms with Crippen LogP contribution in [-0.4, -0.2) is 31.4 Å². The monoisotopic (exact) mass is 361 g/mol. The molecule has 25 heavy (non-hydrogen) atoms. The number of para-hydroxylation sites is 1. The Morgan fingerprint density at radius 3 is 2.76 bits per heavy atom. The molecule has 1 amide bonds. The Balaban J connectivity index is 1.74. The van der Waals surface area contributed by atoms with Gasteiger partial charge in [0.05, 0.1) is 16.6 Å². The molecule has 9 heteroatoms. The summed E-state index contributed by atoms with van der Waals surface area (Å²) in [6, 6.07) is 11.7. The highest BCUT2D eigenvalue weighted by Gasteiger charge is 2.20. The lowest BCUT2D eigenvalue weighted by molar-refractivity contribution is -0.115. The third-order valence-corrected chi connectivity index (χ3v) is 4.31. The van der Waals surface area contributed by atoms with Crippen LogP contribution >= 0.6 is 11.8 Å². The van der Waals surface area contributed by atoms with Gasteiger partial charge in [0.1, 0.15) is 11.6 Å². The molecule has 1 atom stereocenters. The summed E-state index contributed by atoms with van der Waals surface area (Å²) in [6.45, 7) is 1.64. The third-order valence-electron chi connectivity index (χ3n) is 3.28. The molecule has 3 aromatic rings. The van der Waals surface area contributed by atoms with Gasteiger partial charge in [0, 0.05) is 0 Å². The van der Waals surface area contributed by atoms with Gasteiger partial charge in [-0.05, 0) is 47.7 Å². The summed E-state index contributed by atoms with van der Waals surface area (Å²) in [6.07, 6.45) is 0. The second-order valence-corrected chi connectivity index (χ2v) is 6.39. The number of hydrogen-bond acceptors (Lipinski definition) is 5. The topological polar surface area (TPSA) is 72.7 Å². The molecule has 128 valence electrons. The second kappa shape index (κ2) is 7.39. The average Bonchev–Trinajstić information content (AvgIpc) is 3.05. The summed E-state index contributed by atoms with van der Waals surface area (Å²) in [5.74, 6) is -1.34. The fraction of sp³-hybridized carbons (Fsp3) is 0.125. The Kier molecular flexibility index (Phi) is 5.03. The van der Waals surface area contributed by atoms with Crippen LogP contribution < -0.4 is 5.32 Å². The number of nitrogens with one attached hydrogen (secondary N) is 1. The van der Waals surface area contributed by atoms with Crippen molar-refractivity contribution in [3.63, 3.8) is 0 Å². The minimum atomic E-state index is -0.599. The lowest BCUT2D eigenvalue weighted by Gasteiger charge is -2.12. The van der Waals surface area contributed by atoms with Crippen LogP contribution in [0.15, 0.2) is 53.7 Å². The Hall–Kier alpha value is -2.81. The van der Waals surface area contributed by atoms with E-state index in [0.29, 0.717) is 10.8 Å². The number of thioether (sulfide) groups is 1. The zero-order valence-electron chi connectivity index (χ0n) is 13.1. The van der Waals surface area contributed by atoms with Crippen LogP contribution in [0.5, 0.6) is 0 Å². The van der Waals surface area contributed by atoms with Gasteiger partial charge >= 0.3 is 0 Å². The fourth-order valence-electron chi connectivity index (χ4n) is 2.03. The third kappa shape index (κ3) is 4.00. The van der Waals surface area contributed by atoms with Gasteiger partial charge in [0.25, 0.3) is 0 Å². The first-order chi connectivity index (χ1) is 12.0. The molecule has 1 N–H and O–H groups in total. The highest BCUT2D eigenvalue weighted by Crippen LogP contribution is 2.24. The maximum absolute atomic E-state index is 13.6. The fourth-order valence-corrected chi connectivity index (χ4v) is 2.84. The predicted molar refractivity (Wildman–Crippen MR) is 89.5 cm³/mol. The predicted octanol–water partition coefficient (Wildman–Crippen LogP) is 3.06. The van der Waals surface area contributed by atoms with E-state index in [4.69, 9.17) is 0 Å². The summed E-state index contributed by atoms with van der Waals surface area (Å²) in [5, 5.41) is 13.5. The van der Waals surface area contributed by atoms with Crippen LogP contribution in [-0.2, 0) is 4.79 Å². The number of nitrogens with zero attached hydrogens (tertiary/aromatic N) is 4. The lowest BCUT2D eigenvalue weighted by atomic mass is 10.3. The standard InChI is InChI=1S/C16H13F2N5OS/c1-10(15(24)19-14-8-3-2-7-13(14)18)25-16-20-21-22-23(16)12-6-4-5-11(17)9-12/h2-10H,1H3,(H,19,24)/t10-/m1/s1. The van der Waals surface area contributed by atoms with E-state index in [-0.39, 0.29) is 5.69 Å². The van der Waals surface area contributed by atoms with E-state index in [1.165, 1.54) is 41.1 Å². The van der Waals surface area contributed by atoms with Gasteiger partial charge in [-0.25, -0.2) is 8.78 Å². The van der Waals surface area contributed by atoms with Gasteiger partial charge in [0.15, 0.2) is 0 Å². The summed E-state index contributed by atoms with van der Waals surface area (Å²) in [5.41, 5.74) is 0.541. The number of anilines is 1. The number of carbonyl (C=O) groups is 1. The number of carbonyl (C=O) groups excluding carboxylic acids is 1. The number of amides is 1. The Labute approximate surface area is 146 Å². The summed E-state index contributed by atoms with van der Waals surface area (Å²) in [7, 11) is 0. The molecule has 6 nitrogen and oxygen atoms in total. The van der Waals surface area contributed by atoms with Crippen LogP contribution in [0.2, 0.25) is 0 Å². The average molecular weight is 361 g/mol. The minimum Gasteiger partial charge on any atom is -0.323 e. The zero-order valence-corrected chi connectivity index (χ0v) is 13.9. The van der Waals surface area contributed by atoms with E-state index in [1.54, 1.807) is 19.1 Å².